The predicted octanol–water partition coefficient (Wildman–Crippen LogP) is 0.633. The Bertz CT molecular complexity index is 335. The fourth-order valence-corrected chi connectivity index (χ4v) is 1.18. The van der Waals surface area contributed by atoms with Gasteiger partial charge in [-0.1, -0.05) is 0 Å². The average molecular weight is 215 g/mol. The van der Waals surface area contributed by atoms with Crippen LogP contribution in [-0.2, 0) is 9.47 Å². The van der Waals surface area contributed by atoms with Crippen molar-refractivity contribution in [3.8, 4) is 0 Å². The second kappa shape index (κ2) is 5.30. The van der Waals surface area contributed by atoms with Gasteiger partial charge in [0, 0.05) is 29.6 Å². The van der Waals surface area contributed by atoms with Crippen LogP contribution in [0.25, 0.3) is 0 Å². The molecule has 0 spiro atoms. The summed E-state index contributed by atoms with van der Waals surface area (Å²) in [6.45, 7) is 0.200. The third-order valence-electron chi connectivity index (χ3n) is 1.91. The molecule has 5 heteroatoms. The van der Waals surface area contributed by atoms with Crippen molar-refractivity contribution in [3.05, 3.63) is 35.4 Å². The summed E-state index contributed by atoms with van der Waals surface area (Å²) in [6, 6.07) is 6.18. The maximum atomic E-state index is 11.3. The number of hydrogen-bond donors (Lipinski definition) is 0. The summed E-state index contributed by atoms with van der Waals surface area (Å²) in [6.07, 6.45) is 0. The number of benzene rings is 1. The van der Waals surface area contributed by atoms with E-state index in [1.54, 1.807) is 24.3 Å². The zero-order chi connectivity index (χ0) is 9.97. The smallest absolute Gasteiger partial charge is 0.338 e. The minimum Gasteiger partial charge on any atom is -0.458 e. The van der Waals surface area contributed by atoms with E-state index in [1.807, 2.05) is 0 Å². The van der Waals surface area contributed by atoms with Crippen molar-refractivity contribution in [3.63, 3.8) is 0 Å². The van der Waals surface area contributed by atoms with Crippen molar-refractivity contribution in [1.82, 2.24) is 0 Å². The monoisotopic (exact) mass is 215 g/mol. The van der Waals surface area contributed by atoms with Crippen molar-refractivity contribution >= 4 is 41.5 Å². The van der Waals surface area contributed by atoms with Crippen molar-refractivity contribution in [2.24, 2.45) is 0 Å². The Morgan fingerprint density at radius 2 is 1.13 bits per heavy atom. The Kier molecular flexibility index (Phi) is 4.32. The molecule has 0 unspecified atom stereocenters. The maximum Gasteiger partial charge on any atom is 0.338 e. The van der Waals surface area contributed by atoms with Crippen LogP contribution in [0.4, 0.5) is 0 Å². The van der Waals surface area contributed by atoms with Gasteiger partial charge in [-0.3, -0.25) is 0 Å². The summed E-state index contributed by atoms with van der Waals surface area (Å²) in [5.74, 6) is -0.788. The first kappa shape index (κ1) is 12.2. The molecule has 2 aliphatic heterocycles. The third kappa shape index (κ3) is 2.81. The quantitative estimate of drug-likeness (QED) is 0.470. The van der Waals surface area contributed by atoms with Gasteiger partial charge in [-0.05, 0) is 24.3 Å². The van der Waals surface area contributed by atoms with E-state index in [0.717, 1.165) is 0 Å². The van der Waals surface area contributed by atoms with Crippen LogP contribution >= 0.6 is 0 Å². The molecule has 0 amide bonds. The molecule has 0 atom stereocenters. The van der Waals surface area contributed by atoms with Gasteiger partial charge >= 0.3 is 11.9 Å². The van der Waals surface area contributed by atoms with Gasteiger partial charge in [-0.15, -0.1) is 0 Å². The molecule has 0 aromatic heterocycles. The predicted molar refractivity (Wildman–Crippen MR) is 52.8 cm³/mol. The van der Waals surface area contributed by atoms with E-state index in [9.17, 15) is 9.59 Å². The Labute approximate surface area is 109 Å². The molecule has 15 heavy (non-hydrogen) atoms. The number of ether oxygens (including phenoxy) is 2. The molecule has 2 aliphatic rings. The number of rotatable bonds is 0. The molecule has 73 valence electrons. The SMILES string of the molecule is O=C1OCCOC(=O)c2ccc1cc2.[Na]. The standard InChI is InChI=1S/C10H8O4.Na/c11-9-7-1-2-8(4-3-7)10(12)14-6-5-13-9;/h1-4H,5-6H2;. The van der Waals surface area contributed by atoms with Gasteiger partial charge in [0.05, 0.1) is 11.1 Å². The number of fused-ring (bicyclic) bond motifs is 7. The molecule has 0 saturated carbocycles. The van der Waals surface area contributed by atoms with Crippen molar-refractivity contribution in [2.45, 2.75) is 0 Å². The maximum absolute atomic E-state index is 11.3. The molecule has 0 fully saturated rings. The first-order valence-corrected chi connectivity index (χ1v) is 4.22. The molecule has 0 N–H and O–H groups in total. The second-order valence-corrected chi connectivity index (χ2v) is 2.85. The molecule has 0 saturated heterocycles. The van der Waals surface area contributed by atoms with Gasteiger partial charge in [-0.25, -0.2) is 9.59 Å². The van der Waals surface area contributed by atoms with Gasteiger partial charge in [0.25, 0.3) is 0 Å². The van der Waals surface area contributed by atoms with Gasteiger partial charge in [0.15, 0.2) is 0 Å². The number of esters is 2. The van der Waals surface area contributed by atoms with Crippen LogP contribution < -0.4 is 0 Å². The van der Waals surface area contributed by atoms with E-state index >= 15 is 0 Å². The van der Waals surface area contributed by atoms with Crippen LogP contribution in [0.1, 0.15) is 20.7 Å². The Hall–Kier alpha value is -0.840. The molecule has 1 radical (unpaired) electrons. The van der Waals surface area contributed by atoms with Gasteiger partial charge in [0.1, 0.15) is 13.2 Å². The second-order valence-electron chi connectivity index (χ2n) is 2.85. The van der Waals surface area contributed by atoms with Gasteiger partial charge in [-0.2, -0.15) is 0 Å². The zero-order valence-electron chi connectivity index (χ0n) is 8.36. The average Bonchev–Trinajstić information content (AvgIpc) is 2.23. The number of carbonyl (C=O) groups is 2. The van der Waals surface area contributed by atoms with Crippen LogP contribution in [0, 0.1) is 0 Å². The van der Waals surface area contributed by atoms with E-state index < -0.39 is 11.9 Å². The largest absolute Gasteiger partial charge is 0.458 e. The fraction of sp³-hybridized carbons (Fsp3) is 0.200. The molecule has 1 aromatic rings. The molecule has 3 rings (SSSR count). The first-order valence-electron chi connectivity index (χ1n) is 4.22. The summed E-state index contributed by atoms with van der Waals surface area (Å²) in [5, 5.41) is 0. The van der Waals surface area contributed by atoms with E-state index in [0.29, 0.717) is 11.1 Å². The normalized spacial score (nSPS) is 14.9. The minimum absolute atomic E-state index is 0. The van der Waals surface area contributed by atoms with Crippen LogP contribution in [0.15, 0.2) is 24.3 Å². The Morgan fingerprint density at radius 1 is 0.800 bits per heavy atom. The molecular formula is C10H8NaO4. The molecule has 1 aromatic carbocycles. The molecule has 2 heterocycles. The zero-order valence-corrected chi connectivity index (χ0v) is 10.4. The van der Waals surface area contributed by atoms with Crippen molar-refractivity contribution in [2.75, 3.05) is 13.2 Å². The van der Waals surface area contributed by atoms with Crippen LogP contribution in [0.2, 0.25) is 0 Å². The van der Waals surface area contributed by atoms with Crippen molar-refractivity contribution < 1.29 is 19.1 Å². The molecule has 2 bridgehead atoms. The Balaban J connectivity index is 0.00000112. The van der Waals surface area contributed by atoms with Gasteiger partial charge in [0.2, 0.25) is 0 Å². The minimum atomic E-state index is -0.394. The van der Waals surface area contributed by atoms with E-state index in [4.69, 9.17) is 9.47 Å². The fourth-order valence-electron chi connectivity index (χ4n) is 1.18. The summed E-state index contributed by atoms with van der Waals surface area (Å²) in [7, 11) is 0. The number of hydrogen-bond acceptors (Lipinski definition) is 4. The van der Waals surface area contributed by atoms with E-state index in [2.05, 4.69) is 0 Å². The van der Waals surface area contributed by atoms with E-state index in [1.165, 1.54) is 0 Å². The molecular weight excluding hydrogens is 207 g/mol. The summed E-state index contributed by atoms with van der Waals surface area (Å²) < 4.78 is 9.66. The summed E-state index contributed by atoms with van der Waals surface area (Å²) in [4.78, 5) is 22.5. The number of carbonyl (C=O) groups excluding carboxylic acids is 2. The Morgan fingerprint density at radius 3 is 1.47 bits per heavy atom. The first-order chi connectivity index (χ1) is 6.77. The van der Waals surface area contributed by atoms with Crippen LogP contribution in [0.5, 0.6) is 0 Å². The van der Waals surface area contributed by atoms with Crippen LogP contribution in [-0.4, -0.2) is 54.7 Å². The summed E-state index contributed by atoms with van der Waals surface area (Å²) >= 11 is 0. The third-order valence-corrected chi connectivity index (χ3v) is 1.91. The van der Waals surface area contributed by atoms with Crippen LogP contribution in [0.3, 0.4) is 0 Å². The molecule has 4 nitrogen and oxygen atoms in total. The van der Waals surface area contributed by atoms with E-state index in [-0.39, 0.29) is 42.8 Å². The van der Waals surface area contributed by atoms with Gasteiger partial charge < -0.3 is 9.47 Å². The summed E-state index contributed by atoms with van der Waals surface area (Å²) in [5.41, 5.74) is 0.895. The topological polar surface area (TPSA) is 52.6 Å². The van der Waals surface area contributed by atoms with Crippen molar-refractivity contribution in [1.29, 1.82) is 0 Å². The molecule has 0 aliphatic carbocycles.